The van der Waals surface area contributed by atoms with E-state index in [-0.39, 0.29) is 0 Å². The molecule has 0 aliphatic rings. The summed E-state index contributed by atoms with van der Waals surface area (Å²) in [6.45, 7) is 2.89. The Morgan fingerprint density at radius 1 is 1.07 bits per heavy atom. The van der Waals surface area contributed by atoms with E-state index in [1.165, 1.54) is 5.56 Å². The van der Waals surface area contributed by atoms with E-state index in [9.17, 15) is 5.26 Å². The number of benzene rings is 2. The van der Waals surface area contributed by atoms with Gasteiger partial charge in [0.25, 0.3) is 0 Å². The van der Waals surface area contributed by atoms with E-state index in [0.717, 1.165) is 45.5 Å². The van der Waals surface area contributed by atoms with E-state index in [1.54, 1.807) is 6.20 Å². The Labute approximate surface area is 170 Å². The van der Waals surface area contributed by atoms with E-state index in [2.05, 4.69) is 71.5 Å². The number of hydrogen-bond donors (Lipinski definition) is 2. The Balaban J connectivity index is 1.86. The summed E-state index contributed by atoms with van der Waals surface area (Å²) in [6, 6.07) is 16.7. The molecule has 29 heavy (non-hydrogen) atoms. The number of H-pyrrole nitrogens is 1. The molecule has 0 saturated carbocycles. The molecule has 0 aliphatic carbocycles. The Kier molecular flexibility index (Phi) is 5.03. The Morgan fingerprint density at radius 2 is 1.90 bits per heavy atom. The fraction of sp³-hybridized carbons (Fsp3) is 0.167. The average Bonchev–Trinajstić information content (AvgIpc) is 3.20. The van der Waals surface area contributed by atoms with E-state index in [1.807, 2.05) is 30.6 Å². The van der Waals surface area contributed by atoms with Crippen LogP contribution in [-0.4, -0.2) is 29.0 Å². The number of anilines is 2. The zero-order valence-corrected chi connectivity index (χ0v) is 16.8. The minimum Gasteiger partial charge on any atom is -0.361 e. The predicted octanol–water partition coefficient (Wildman–Crippen LogP) is 5.22. The zero-order chi connectivity index (χ0) is 20.4. The normalized spacial score (nSPS) is 11.0. The number of hydrogen-bond acceptors (Lipinski definition) is 4. The number of aryl methyl sites for hydroxylation is 1. The monoisotopic (exact) mass is 381 g/mol. The summed E-state index contributed by atoms with van der Waals surface area (Å²) in [5.41, 5.74) is 7.71. The van der Waals surface area contributed by atoms with Crippen molar-refractivity contribution in [2.45, 2.75) is 13.5 Å². The second-order valence-corrected chi connectivity index (χ2v) is 7.42. The summed E-state index contributed by atoms with van der Waals surface area (Å²) >= 11 is 0. The first-order valence-corrected chi connectivity index (χ1v) is 9.53. The SMILES string of the molecule is Cc1c(Nc2c(C#N)cncc2-c2ccccc2CN(C)C)ccc2[nH]ccc12. The summed E-state index contributed by atoms with van der Waals surface area (Å²) < 4.78 is 0. The Morgan fingerprint density at radius 3 is 2.69 bits per heavy atom. The Bertz CT molecular complexity index is 1210. The molecule has 0 spiro atoms. The lowest BCUT2D eigenvalue weighted by molar-refractivity contribution is 0.403. The lowest BCUT2D eigenvalue weighted by atomic mass is 9.97. The van der Waals surface area contributed by atoms with Gasteiger partial charge in [-0.3, -0.25) is 4.98 Å². The van der Waals surface area contributed by atoms with Crippen molar-refractivity contribution in [3.63, 3.8) is 0 Å². The molecule has 4 rings (SSSR count). The van der Waals surface area contributed by atoms with Gasteiger partial charge in [-0.05, 0) is 55.9 Å². The zero-order valence-electron chi connectivity index (χ0n) is 16.8. The lowest BCUT2D eigenvalue weighted by Crippen LogP contribution is -2.11. The lowest BCUT2D eigenvalue weighted by Gasteiger charge is -2.19. The van der Waals surface area contributed by atoms with Crippen LogP contribution in [0.15, 0.2) is 61.1 Å². The molecule has 2 N–H and O–H groups in total. The number of aromatic amines is 1. The van der Waals surface area contributed by atoms with E-state index >= 15 is 0 Å². The molecule has 5 heteroatoms. The van der Waals surface area contributed by atoms with Crippen LogP contribution >= 0.6 is 0 Å². The fourth-order valence-corrected chi connectivity index (χ4v) is 3.70. The van der Waals surface area contributed by atoms with Gasteiger partial charge in [0.2, 0.25) is 0 Å². The molecule has 0 fully saturated rings. The van der Waals surface area contributed by atoms with Crippen LogP contribution < -0.4 is 5.32 Å². The van der Waals surface area contributed by atoms with Gasteiger partial charge >= 0.3 is 0 Å². The maximum absolute atomic E-state index is 9.75. The summed E-state index contributed by atoms with van der Waals surface area (Å²) in [6.07, 6.45) is 5.39. The molecular formula is C24H23N5. The fourth-order valence-electron chi connectivity index (χ4n) is 3.70. The summed E-state index contributed by atoms with van der Waals surface area (Å²) in [5.74, 6) is 0. The highest BCUT2D eigenvalue weighted by molar-refractivity contribution is 5.91. The van der Waals surface area contributed by atoms with Crippen molar-refractivity contribution in [1.29, 1.82) is 5.26 Å². The van der Waals surface area contributed by atoms with Gasteiger partial charge in [0.15, 0.2) is 0 Å². The van der Waals surface area contributed by atoms with Gasteiger partial charge in [0.1, 0.15) is 6.07 Å². The minimum atomic E-state index is 0.524. The van der Waals surface area contributed by atoms with Crippen molar-refractivity contribution in [2.75, 3.05) is 19.4 Å². The van der Waals surface area contributed by atoms with E-state index in [0.29, 0.717) is 5.56 Å². The standard InChI is InChI=1S/C24H23N5/c1-16-19-10-11-27-23(19)9-8-22(16)28-24-18(12-25)13-26-14-21(24)20-7-5-4-6-17(20)15-29(2)3/h4-11,13-14,27H,15H2,1-3H3,(H,26,28). The number of nitrogens with one attached hydrogen (secondary N) is 2. The van der Waals surface area contributed by atoms with Crippen molar-refractivity contribution in [2.24, 2.45) is 0 Å². The van der Waals surface area contributed by atoms with Gasteiger partial charge in [-0.15, -0.1) is 0 Å². The van der Waals surface area contributed by atoms with Crippen molar-refractivity contribution in [3.05, 3.63) is 77.7 Å². The predicted molar refractivity (Wildman–Crippen MR) is 118 cm³/mol. The number of aromatic nitrogens is 2. The van der Waals surface area contributed by atoms with Gasteiger partial charge in [0, 0.05) is 47.3 Å². The third-order valence-electron chi connectivity index (χ3n) is 5.12. The largest absolute Gasteiger partial charge is 0.361 e. The van der Waals surface area contributed by atoms with Crippen LogP contribution in [0.2, 0.25) is 0 Å². The summed E-state index contributed by atoms with van der Waals surface area (Å²) in [7, 11) is 4.10. The van der Waals surface area contributed by atoms with Crippen LogP contribution in [0.1, 0.15) is 16.7 Å². The van der Waals surface area contributed by atoms with Crippen LogP contribution in [0.3, 0.4) is 0 Å². The minimum absolute atomic E-state index is 0.524. The van der Waals surface area contributed by atoms with Gasteiger partial charge in [-0.25, -0.2) is 0 Å². The number of nitriles is 1. The summed E-state index contributed by atoms with van der Waals surface area (Å²) in [5, 5.41) is 14.4. The molecule has 2 aromatic heterocycles. The maximum atomic E-state index is 9.75. The first-order chi connectivity index (χ1) is 14.1. The first-order valence-electron chi connectivity index (χ1n) is 9.53. The summed E-state index contributed by atoms with van der Waals surface area (Å²) in [4.78, 5) is 9.72. The third kappa shape index (κ3) is 3.58. The first kappa shape index (κ1) is 18.7. The smallest absolute Gasteiger partial charge is 0.103 e. The van der Waals surface area contributed by atoms with Crippen LogP contribution in [0, 0.1) is 18.3 Å². The van der Waals surface area contributed by atoms with Gasteiger partial charge in [-0.1, -0.05) is 24.3 Å². The molecule has 0 amide bonds. The molecule has 0 aliphatic heterocycles. The van der Waals surface area contributed by atoms with E-state index in [4.69, 9.17) is 0 Å². The molecule has 5 nitrogen and oxygen atoms in total. The quantitative estimate of drug-likeness (QED) is 0.498. The van der Waals surface area contributed by atoms with E-state index < -0.39 is 0 Å². The second-order valence-electron chi connectivity index (χ2n) is 7.42. The van der Waals surface area contributed by atoms with Crippen molar-refractivity contribution >= 4 is 22.3 Å². The van der Waals surface area contributed by atoms with Gasteiger partial charge in [-0.2, -0.15) is 5.26 Å². The number of fused-ring (bicyclic) bond motifs is 1. The second kappa shape index (κ2) is 7.78. The van der Waals surface area contributed by atoms with Crippen molar-refractivity contribution in [3.8, 4) is 17.2 Å². The molecule has 0 atom stereocenters. The van der Waals surface area contributed by atoms with Crippen LogP contribution in [0.4, 0.5) is 11.4 Å². The topological polar surface area (TPSA) is 67.7 Å². The molecule has 4 aromatic rings. The number of pyridine rings is 1. The van der Waals surface area contributed by atoms with Gasteiger partial charge in [0.05, 0.1) is 11.3 Å². The highest BCUT2D eigenvalue weighted by Crippen LogP contribution is 2.36. The highest BCUT2D eigenvalue weighted by Gasteiger charge is 2.16. The van der Waals surface area contributed by atoms with Gasteiger partial charge < -0.3 is 15.2 Å². The molecule has 2 heterocycles. The molecule has 0 saturated heterocycles. The molecule has 144 valence electrons. The average molecular weight is 381 g/mol. The maximum Gasteiger partial charge on any atom is 0.103 e. The molecule has 0 unspecified atom stereocenters. The third-order valence-corrected chi connectivity index (χ3v) is 5.12. The number of rotatable bonds is 5. The van der Waals surface area contributed by atoms with Crippen LogP contribution in [0.5, 0.6) is 0 Å². The number of nitrogens with zero attached hydrogens (tertiary/aromatic N) is 3. The van der Waals surface area contributed by atoms with Crippen molar-refractivity contribution < 1.29 is 0 Å². The highest BCUT2D eigenvalue weighted by atomic mass is 15.0. The molecule has 0 bridgehead atoms. The molecule has 0 radical (unpaired) electrons. The molecule has 2 aromatic carbocycles. The van der Waals surface area contributed by atoms with Crippen molar-refractivity contribution in [1.82, 2.24) is 14.9 Å². The molecular weight excluding hydrogens is 358 g/mol. The van der Waals surface area contributed by atoms with Crippen LogP contribution in [-0.2, 0) is 6.54 Å². The Hall–Kier alpha value is -3.62. The van der Waals surface area contributed by atoms with Crippen LogP contribution in [0.25, 0.3) is 22.0 Å².